The van der Waals surface area contributed by atoms with Gasteiger partial charge >= 0.3 is 12.1 Å². The Balaban J connectivity index is 1.89. The molecule has 2 unspecified atom stereocenters. The third kappa shape index (κ3) is 7.65. The maximum atomic E-state index is 12.5. The Kier molecular flexibility index (Phi) is 8.69. The molecule has 2 amide bonds. The third-order valence-corrected chi connectivity index (χ3v) is 4.11. The summed E-state index contributed by atoms with van der Waals surface area (Å²) in [4.78, 5) is 36.7. The highest BCUT2D eigenvalue weighted by Gasteiger charge is 2.25. The number of esters is 1. The smallest absolute Gasteiger partial charge is 0.408 e. The zero-order chi connectivity index (χ0) is 21.1. The van der Waals surface area contributed by atoms with Gasteiger partial charge in [0, 0.05) is 6.42 Å². The summed E-state index contributed by atoms with van der Waals surface area (Å²) in [5.41, 5.74) is 1.72. The minimum absolute atomic E-state index is 0.0977. The molecule has 7 heteroatoms. The predicted molar refractivity (Wildman–Crippen MR) is 108 cm³/mol. The molecule has 0 aliphatic heterocycles. The van der Waals surface area contributed by atoms with Crippen LogP contribution >= 0.6 is 0 Å². The van der Waals surface area contributed by atoms with Gasteiger partial charge in [0.05, 0.1) is 6.61 Å². The molecule has 2 atom stereocenters. The number of rotatable bonds is 9. The lowest BCUT2D eigenvalue weighted by molar-refractivity contribution is -0.147. The van der Waals surface area contributed by atoms with Gasteiger partial charge in [-0.3, -0.25) is 4.79 Å². The van der Waals surface area contributed by atoms with Crippen molar-refractivity contribution in [3.05, 3.63) is 71.8 Å². The van der Waals surface area contributed by atoms with Gasteiger partial charge < -0.3 is 20.1 Å². The predicted octanol–water partition coefficient (Wildman–Crippen LogP) is 2.59. The molecule has 2 aromatic carbocycles. The standard InChI is InChI=1S/C22H26N2O5/c1-3-28-21(26)19(14-17-10-6-4-7-11-17)24-20(25)16(2)23-22(27)29-15-18-12-8-5-9-13-18/h4-13,16,19H,3,14-15H2,1-2H3,(H,23,27)(H,24,25). The van der Waals surface area contributed by atoms with Crippen molar-refractivity contribution in [1.82, 2.24) is 10.6 Å². The van der Waals surface area contributed by atoms with Gasteiger partial charge in [-0.2, -0.15) is 0 Å². The highest BCUT2D eigenvalue weighted by molar-refractivity contribution is 5.89. The fourth-order valence-corrected chi connectivity index (χ4v) is 2.59. The largest absolute Gasteiger partial charge is 0.464 e. The van der Waals surface area contributed by atoms with E-state index in [4.69, 9.17) is 9.47 Å². The first-order valence-corrected chi connectivity index (χ1v) is 9.47. The Hall–Kier alpha value is -3.35. The van der Waals surface area contributed by atoms with Crippen LogP contribution < -0.4 is 10.6 Å². The number of alkyl carbamates (subject to hydrolysis) is 1. The molecule has 0 heterocycles. The summed E-state index contributed by atoms with van der Waals surface area (Å²) in [6, 6.07) is 16.8. The Morgan fingerprint density at radius 3 is 2.03 bits per heavy atom. The average Bonchev–Trinajstić information content (AvgIpc) is 2.73. The molecule has 0 saturated carbocycles. The van der Waals surface area contributed by atoms with Crippen molar-refractivity contribution in [1.29, 1.82) is 0 Å². The van der Waals surface area contributed by atoms with Crippen molar-refractivity contribution in [3.8, 4) is 0 Å². The molecule has 2 rings (SSSR count). The summed E-state index contributed by atoms with van der Waals surface area (Å²) in [5.74, 6) is -1.03. The topological polar surface area (TPSA) is 93.7 Å². The van der Waals surface area contributed by atoms with Crippen LogP contribution in [0.5, 0.6) is 0 Å². The van der Waals surface area contributed by atoms with Crippen LogP contribution in [0.3, 0.4) is 0 Å². The quantitative estimate of drug-likeness (QED) is 0.633. The van der Waals surface area contributed by atoms with Crippen molar-refractivity contribution in [2.24, 2.45) is 0 Å². The summed E-state index contributed by atoms with van der Waals surface area (Å²) in [6.07, 6.45) is -0.427. The maximum Gasteiger partial charge on any atom is 0.408 e. The first kappa shape index (κ1) is 21.9. The van der Waals surface area contributed by atoms with Crippen molar-refractivity contribution in [2.45, 2.75) is 39.0 Å². The number of nitrogens with one attached hydrogen (secondary N) is 2. The maximum absolute atomic E-state index is 12.5. The van der Waals surface area contributed by atoms with Gasteiger partial charge in [-0.1, -0.05) is 60.7 Å². The highest BCUT2D eigenvalue weighted by Crippen LogP contribution is 2.06. The molecule has 0 saturated heterocycles. The van der Waals surface area contributed by atoms with Crippen LogP contribution in [0.4, 0.5) is 4.79 Å². The Labute approximate surface area is 170 Å². The average molecular weight is 398 g/mol. The highest BCUT2D eigenvalue weighted by atomic mass is 16.5. The van der Waals surface area contributed by atoms with Gasteiger partial charge in [-0.15, -0.1) is 0 Å². The van der Waals surface area contributed by atoms with E-state index in [1.54, 1.807) is 6.92 Å². The molecule has 2 N–H and O–H groups in total. The minimum atomic E-state index is -0.883. The van der Waals surface area contributed by atoms with E-state index in [0.29, 0.717) is 0 Å². The summed E-state index contributed by atoms with van der Waals surface area (Å²) in [7, 11) is 0. The summed E-state index contributed by atoms with van der Waals surface area (Å²) >= 11 is 0. The fourth-order valence-electron chi connectivity index (χ4n) is 2.59. The molecule has 29 heavy (non-hydrogen) atoms. The van der Waals surface area contributed by atoms with Crippen molar-refractivity contribution >= 4 is 18.0 Å². The number of ether oxygens (including phenoxy) is 2. The minimum Gasteiger partial charge on any atom is -0.464 e. The first-order valence-electron chi connectivity index (χ1n) is 9.47. The zero-order valence-electron chi connectivity index (χ0n) is 16.6. The Morgan fingerprint density at radius 2 is 1.45 bits per heavy atom. The number of benzene rings is 2. The molecule has 154 valence electrons. The second-order valence-corrected chi connectivity index (χ2v) is 6.43. The van der Waals surface area contributed by atoms with Gasteiger partial charge in [-0.25, -0.2) is 9.59 Å². The molecule has 0 radical (unpaired) electrons. The van der Waals surface area contributed by atoms with Crippen LogP contribution in [0.15, 0.2) is 60.7 Å². The first-order chi connectivity index (χ1) is 14.0. The van der Waals surface area contributed by atoms with E-state index in [1.165, 1.54) is 6.92 Å². The van der Waals surface area contributed by atoms with E-state index in [0.717, 1.165) is 11.1 Å². The molecule has 7 nitrogen and oxygen atoms in total. The van der Waals surface area contributed by atoms with Gasteiger partial charge in [0.25, 0.3) is 0 Å². The Morgan fingerprint density at radius 1 is 0.862 bits per heavy atom. The summed E-state index contributed by atoms with van der Waals surface area (Å²) in [6.45, 7) is 3.52. The number of hydrogen-bond acceptors (Lipinski definition) is 5. The lowest BCUT2D eigenvalue weighted by atomic mass is 10.1. The number of amides is 2. The van der Waals surface area contributed by atoms with Crippen LogP contribution in [0.25, 0.3) is 0 Å². The molecule has 0 aliphatic carbocycles. The van der Waals surface area contributed by atoms with Crippen molar-refractivity contribution in [3.63, 3.8) is 0 Å². The molecule has 0 bridgehead atoms. The third-order valence-electron chi connectivity index (χ3n) is 4.11. The van der Waals surface area contributed by atoms with Crippen molar-refractivity contribution < 1.29 is 23.9 Å². The monoisotopic (exact) mass is 398 g/mol. The molecule has 0 fully saturated rings. The van der Waals surface area contributed by atoms with Crippen LogP contribution in [0.1, 0.15) is 25.0 Å². The Bertz CT molecular complexity index is 795. The van der Waals surface area contributed by atoms with Gasteiger partial charge in [0.2, 0.25) is 5.91 Å². The van der Waals surface area contributed by atoms with Crippen molar-refractivity contribution in [2.75, 3.05) is 6.61 Å². The number of carbonyl (C=O) groups is 3. The molecular weight excluding hydrogens is 372 g/mol. The van der Waals surface area contributed by atoms with E-state index in [2.05, 4.69) is 10.6 Å². The van der Waals surface area contributed by atoms with Crippen LogP contribution in [-0.2, 0) is 32.1 Å². The molecule has 0 aliphatic rings. The second kappa shape index (κ2) is 11.5. The fraction of sp³-hybridized carbons (Fsp3) is 0.318. The number of carbonyl (C=O) groups excluding carboxylic acids is 3. The lowest BCUT2D eigenvalue weighted by Crippen LogP contribution is -2.51. The van der Waals surface area contributed by atoms with E-state index < -0.39 is 30.1 Å². The normalized spacial score (nSPS) is 12.3. The number of hydrogen-bond donors (Lipinski definition) is 2. The van der Waals surface area contributed by atoms with Gasteiger partial charge in [0.1, 0.15) is 18.7 Å². The van der Waals surface area contributed by atoms with E-state index in [9.17, 15) is 14.4 Å². The lowest BCUT2D eigenvalue weighted by Gasteiger charge is -2.20. The van der Waals surface area contributed by atoms with Crippen LogP contribution in [0.2, 0.25) is 0 Å². The zero-order valence-corrected chi connectivity index (χ0v) is 16.6. The summed E-state index contributed by atoms with van der Waals surface area (Å²) in [5, 5.41) is 5.11. The van der Waals surface area contributed by atoms with E-state index >= 15 is 0 Å². The van der Waals surface area contributed by atoms with E-state index in [-0.39, 0.29) is 19.6 Å². The molecule has 0 spiro atoms. The SMILES string of the molecule is CCOC(=O)C(Cc1ccccc1)NC(=O)C(C)NC(=O)OCc1ccccc1. The van der Waals surface area contributed by atoms with Crippen LogP contribution in [-0.4, -0.2) is 36.7 Å². The molecular formula is C22H26N2O5. The molecule has 2 aromatic rings. The van der Waals surface area contributed by atoms with Gasteiger partial charge in [0.15, 0.2) is 0 Å². The van der Waals surface area contributed by atoms with Gasteiger partial charge in [-0.05, 0) is 25.0 Å². The van der Waals surface area contributed by atoms with E-state index in [1.807, 2.05) is 60.7 Å². The summed E-state index contributed by atoms with van der Waals surface area (Å²) < 4.78 is 10.2. The molecule has 0 aromatic heterocycles. The van der Waals surface area contributed by atoms with Crippen LogP contribution in [0, 0.1) is 0 Å². The second-order valence-electron chi connectivity index (χ2n) is 6.43.